The van der Waals surface area contributed by atoms with E-state index in [0.29, 0.717) is 16.8 Å². The molecular formula is C11H18BrN3O. The van der Waals surface area contributed by atoms with Crippen molar-refractivity contribution >= 4 is 15.9 Å². The molecule has 1 aromatic rings. The van der Waals surface area contributed by atoms with Gasteiger partial charge in [0, 0.05) is 28.4 Å². The van der Waals surface area contributed by atoms with Crippen LogP contribution in [0.15, 0.2) is 9.32 Å². The van der Waals surface area contributed by atoms with Crippen LogP contribution in [0.3, 0.4) is 0 Å². The van der Waals surface area contributed by atoms with Crippen molar-refractivity contribution in [3.63, 3.8) is 0 Å². The third-order valence-corrected chi connectivity index (χ3v) is 3.62. The molecule has 0 unspecified atom stereocenters. The van der Waals surface area contributed by atoms with Crippen LogP contribution in [0.25, 0.3) is 0 Å². The Hall–Kier alpha value is -0.420. The lowest BCUT2D eigenvalue weighted by Gasteiger charge is -2.34. The lowest BCUT2D eigenvalue weighted by Crippen LogP contribution is -2.38. The van der Waals surface area contributed by atoms with Crippen LogP contribution in [0.1, 0.15) is 32.5 Å². The third-order valence-electron chi connectivity index (χ3n) is 3.29. The molecule has 0 spiro atoms. The topological polar surface area (TPSA) is 42.2 Å². The van der Waals surface area contributed by atoms with Gasteiger partial charge in [-0.05, 0) is 45.7 Å². The zero-order chi connectivity index (χ0) is 11.5. The second-order valence-electron chi connectivity index (χ2n) is 4.74. The van der Waals surface area contributed by atoms with Crippen molar-refractivity contribution in [2.24, 2.45) is 5.92 Å². The Morgan fingerprint density at radius 1 is 1.44 bits per heavy atom. The van der Waals surface area contributed by atoms with E-state index in [2.05, 4.69) is 44.8 Å². The number of nitrogens with zero attached hydrogens (tertiary/aromatic N) is 3. The van der Waals surface area contributed by atoms with E-state index < -0.39 is 0 Å². The lowest BCUT2D eigenvalue weighted by atomic mass is 9.93. The van der Waals surface area contributed by atoms with E-state index in [0.717, 1.165) is 12.2 Å². The van der Waals surface area contributed by atoms with E-state index in [1.54, 1.807) is 0 Å². The smallest absolute Gasteiger partial charge is 0.293 e. The molecule has 16 heavy (non-hydrogen) atoms. The average Bonchev–Trinajstić information content (AvgIpc) is 2.65. The summed E-state index contributed by atoms with van der Waals surface area (Å²) >= 11 is 3.18. The first-order chi connectivity index (χ1) is 7.65. The number of likely N-dealkylation sites (tertiary alicyclic amines) is 1. The van der Waals surface area contributed by atoms with Gasteiger partial charge in [-0.15, -0.1) is 0 Å². The van der Waals surface area contributed by atoms with Crippen molar-refractivity contribution < 1.29 is 4.52 Å². The fourth-order valence-corrected chi connectivity index (χ4v) is 2.52. The van der Waals surface area contributed by atoms with E-state index in [1.165, 1.54) is 25.9 Å². The SMILES string of the molecule is CC(C)N1CCC(Cc2noc(Br)n2)CC1. The summed E-state index contributed by atoms with van der Waals surface area (Å²) in [7, 11) is 0. The van der Waals surface area contributed by atoms with Gasteiger partial charge in [-0.1, -0.05) is 5.16 Å². The van der Waals surface area contributed by atoms with Crippen molar-refractivity contribution in [2.75, 3.05) is 13.1 Å². The Morgan fingerprint density at radius 2 is 2.12 bits per heavy atom. The van der Waals surface area contributed by atoms with Crippen LogP contribution in [0.4, 0.5) is 0 Å². The Balaban J connectivity index is 1.81. The summed E-state index contributed by atoms with van der Waals surface area (Å²) in [6.07, 6.45) is 3.43. The van der Waals surface area contributed by atoms with E-state index in [-0.39, 0.29) is 0 Å². The Labute approximate surface area is 105 Å². The van der Waals surface area contributed by atoms with Crippen LogP contribution in [-0.2, 0) is 6.42 Å². The fourth-order valence-electron chi connectivity index (χ4n) is 2.25. The first kappa shape index (κ1) is 12.0. The minimum atomic E-state index is 0.488. The largest absolute Gasteiger partial charge is 0.327 e. The number of piperidine rings is 1. The number of hydrogen-bond donors (Lipinski definition) is 0. The molecule has 5 heteroatoms. The number of hydrogen-bond acceptors (Lipinski definition) is 4. The molecule has 0 amide bonds. The minimum absolute atomic E-state index is 0.488. The maximum Gasteiger partial charge on any atom is 0.293 e. The van der Waals surface area contributed by atoms with Gasteiger partial charge in [-0.25, -0.2) is 0 Å². The highest BCUT2D eigenvalue weighted by Gasteiger charge is 2.22. The van der Waals surface area contributed by atoms with Crippen LogP contribution in [0.5, 0.6) is 0 Å². The second-order valence-corrected chi connectivity index (χ2v) is 5.42. The number of aromatic nitrogens is 2. The normalized spacial score (nSPS) is 19.5. The molecule has 2 rings (SSSR count). The average molecular weight is 288 g/mol. The zero-order valence-corrected chi connectivity index (χ0v) is 11.4. The second kappa shape index (κ2) is 5.27. The highest BCUT2D eigenvalue weighted by Crippen LogP contribution is 2.22. The maximum atomic E-state index is 4.91. The molecule has 0 bridgehead atoms. The van der Waals surface area contributed by atoms with Crippen LogP contribution in [0.2, 0.25) is 0 Å². The van der Waals surface area contributed by atoms with Gasteiger partial charge in [-0.3, -0.25) is 0 Å². The first-order valence-corrected chi connectivity index (χ1v) is 6.66. The predicted molar refractivity (Wildman–Crippen MR) is 65.1 cm³/mol. The van der Waals surface area contributed by atoms with Crippen LogP contribution in [-0.4, -0.2) is 34.2 Å². The van der Waals surface area contributed by atoms with E-state index in [1.807, 2.05) is 0 Å². The molecule has 0 aromatic carbocycles. The van der Waals surface area contributed by atoms with Crippen molar-refractivity contribution in [3.8, 4) is 0 Å². The number of rotatable bonds is 3. The monoisotopic (exact) mass is 287 g/mol. The van der Waals surface area contributed by atoms with Gasteiger partial charge in [0.25, 0.3) is 4.80 Å². The van der Waals surface area contributed by atoms with Crippen LogP contribution in [0, 0.1) is 5.92 Å². The highest BCUT2D eigenvalue weighted by molar-refractivity contribution is 9.10. The van der Waals surface area contributed by atoms with E-state index >= 15 is 0 Å². The highest BCUT2D eigenvalue weighted by atomic mass is 79.9. The third kappa shape index (κ3) is 3.04. The molecule has 2 heterocycles. The summed E-state index contributed by atoms with van der Waals surface area (Å²) in [5.41, 5.74) is 0. The molecule has 1 aromatic heterocycles. The van der Waals surface area contributed by atoms with Gasteiger partial charge in [-0.2, -0.15) is 4.98 Å². The summed E-state index contributed by atoms with van der Waals surface area (Å²) < 4.78 is 4.91. The molecule has 1 saturated heterocycles. The Bertz CT molecular complexity index is 332. The minimum Gasteiger partial charge on any atom is -0.327 e. The van der Waals surface area contributed by atoms with Gasteiger partial charge in [0.2, 0.25) is 0 Å². The maximum absolute atomic E-state index is 4.91. The standard InChI is InChI=1S/C11H18BrN3O/c1-8(2)15-5-3-9(4-6-15)7-10-13-11(12)16-14-10/h8-9H,3-7H2,1-2H3. The Kier molecular flexibility index (Phi) is 3.97. The van der Waals surface area contributed by atoms with Crippen LogP contribution >= 0.6 is 15.9 Å². The summed E-state index contributed by atoms with van der Waals surface area (Å²) in [6, 6.07) is 0.667. The molecule has 0 atom stereocenters. The molecule has 1 aliphatic heterocycles. The fraction of sp³-hybridized carbons (Fsp3) is 0.818. The molecule has 0 N–H and O–H groups in total. The molecule has 0 radical (unpaired) electrons. The summed E-state index contributed by atoms with van der Waals surface area (Å²) in [5, 5.41) is 3.92. The van der Waals surface area contributed by atoms with Gasteiger partial charge in [0.05, 0.1) is 0 Å². The molecule has 90 valence electrons. The van der Waals surface area contributed by atoms with E-state index in [9.17, 15) is 0 Å². The molecule has 0 aliphatic carbocycles. The van der Waals surface area contributed by atoms with Crippen molar-refractivity contribution in [1.82, 2.24) is 15.0 Å². The Morgan fingerprint density at radius 3 is 2.62 bits per heavy atom. The van der Waals surface area contributed by atoms with Crippen molar-refractivity contribution in [1.29, 1.82) is 0 Å². The molecule has 1 fully saturated rings. The van der Waals surface area contributed by atoms with Crippen molar-refractivity contribution in [3.05, 3.63) is 10.6 Å². The molecule has 1 aliphatic rings. The summed E-state index contributed by atoms with van der Waals surface area (Å²) in [4.78, 5) is 7.20. The summed E-state index contributed by atoms with van der Waals surface area (Å²) in [6.45, 7) is 6.91. The number of halogens is 1. The predicted octanol–water partition coefficient (Wildman–Crippen LogP) is 2.50. The molecule has 4 nitrogen and oxygen atoms in total. The van der Waals surface area contributed by atoms with Gasteiger partial charge >= 0.3 is 0 Å². The summed E-state index contributed by atoms with van der Waals surface area (Å²) in [5.74, 6) is 1.54. The van der Waals surface area contributed by atoms with Crippen molar-refractivity contribution in [2.45, 2.75) is 39.2 Å². The van der Waals surface area contributed by atoms with Gasteiger partial charge < -0.3 is 9.42 Å². The molecular weight excluding hydrogens is 270 g/mol. The van der Waals surface area contributed by atoms with Crippen LogP contribution < -0.4 is 0 Å². The zero-order valence-electron chi connectivity index (χ0n) is 9.82. The lowest BCUT2D eigenvalue weighted by molar-refractivity contribution is 0.148. The molecule has 0 saturated carbocycles. The van der Waals surface area contributed by atoms with Gasteiger partial charge in [0.1, 0.15) is 0 Å². The van der Waals surface area contributed by atoms with E-state index in [4.69, 9.17) is 4.52 Å². The van der Waals surface area contributed by atoms with Gasteiger partial charge in [0.15, 0.2) is 5.82 Å². The first-order valence-electron chi connectivity index (χ1n) is 5.87. The quantitative estimate of drug-likeness (QED) is 0.857.